The third-order valence-corrected chi connectivity index (χ3v) is 5.76. The summed E-state index contributed by atoms with van der Waals surface area (Å²) in [6, 6.07) is 8.78. The lowest BCUT2D eigenvalue weighted by molar-refractivity contribution is -0.126. The molecule has 0 spiro atoms. The lowest BCUT2D eigenvalue weighted by Gasteiger charge is -2.11. The molecule has 4 rings (SSSR count). The summed E-state index contributed by atoms with van der Waals surface area (Å²) < 4.78 is 0. The molecule has 4 nitrogen and oxygen atoms in total. The number of carbonyl (C=O) groups excluding carboxylic acids is 2. The van der Waals surface area contributed by atoms with Crippen molar-refractivity contribution in [3.8, 4) is 0 Å². The summed E-state index contributed by atoms with van der Waals surface area (Å²) in [7, 11) is 0. The summed E-state index contributed by atoms with van der Waals surface area (Å²) in [5, 5.41) is 5.87. The number of amides is 2. The van der Waals surface area contributed by atoms with Gasteiger partial charge in [0.1, 0.15) is 0 Å². The van der Waals surface area contributed by atoms with E-state index in [2.05, 4.69) is 34.9 Å². The van der Waals surface area contributed by atoms with Crippen molar-refractivity contribution in [2.45, 2.75) is 50.5 Å². The minimum atomic E-state index is -0.0540. The molecule has 122 valence electrons. The van der Waals surface area contributed by atoms with E-state index in [1.165, 1.54) is 24.0 Å². The fraction of sp³-hybridized carbons (Fsp3) is 0.579. The Morgan fingerprint density at radius 2 is 1.87 bits per heavy atom. The number of nitrogens with one attached hydrogen (secondary N) is 2. The van der Waals surface area contributed by atoms with Gasteiger partial charge in [-0.15, -0.1) is 0 Å². The summed E-state index contributed by atoms with van der Waals surface area (Å²) >= 11 is 0. The first-order valence-electron chi connectivity index (χ1n) is 8.86. The van der Waals surface area contributed by atoms with Crippen LogP contribution in [0, 0.1) is 11.8 Å². The summed E-state index contributed by atoms with van der Waals surface area (Å²) in [4.78, 5) is 23.9. The second-order valence-corrected chi connectivity index (χ2v) is 7.32. The number of hydrogen-bond acceptors (Lipinski definition) is 2. The van der Waals surface area contributed by atoms with Gasteiger partial charge < -0.3 is 10.6 Å². The molecule has 3 aliphatic rings. The predicted molar refractivity (Wildman–Crippen MR) is 87.9 cm³/mol. The van der Waals surface area contributed by atoms with Crippen molar-refractivity contribution in [2.75, 3.05) is 6.54 Å². The van der Waals surface area contributed by atoms with Crippen molar-refractivity contribution < 1.29 is 9.59 Å². The van der Waals surface area contributed by atoms with Crippen LogP contribution in [0.25, 0.3) is 0 Å². The highest BCUT2D eigenvalue weighted by Crippen LogP contribution is 2.56. The SMILES string of the molecule is O=C(CC1CCCC1)NCC(=O)NC1C2Cc3ccccc3C21. The maximum atomic E-state index is 12.1. The van der Waals surface area contributed by atoms with E-state index in [-0.39, 0.29) is 24.4 Å². The normalized spacial score (nSPS) is 28.1. The molecule has 0 aliphatic heterocycles. The topological polar surface area (TPSA) is 58.2 Å². The Balaban J connectivity index is 1.21. The zero-order chi connectivity index (χ0) is 15.8. The molecule has 1 aromatic carbocycles. The molecule has 2 saturated carbocycles. The van der Waals surface area contributed by atoms with Gasteiger partial charge in [0.25, 0.3) is 0 Å². The molecular weight excluding hydrogens is 288 g/mol. The van der Waals surface area contributed by atoms with Gasteiger partial charge in [-0.1, -0.05) is 37.1 Å². The molecule has 0 bridgehead atoms. The third-order valence-electron chi connectivity index (χ3n) is 5.76. The molecular formula is C19H24N2O2. The van der Waals surface area contributed by atoms with Gasteiger partial charge in [-0.2, -0.15) is 0 Å². The molecule has 2 amide bonds. The quantitative estimate of drug-likeness (QED) is 0.875. The van der Waals surface area contributed by atoms with Crippen molar-refractivity contribution >= 4 is 11.8 Å². The van der Waals surface area contributed by atoms with Crippen LogP contribution in [0.1, 0.15) is 49.1 Å². The fourth-order valence-corrected chi connectivity index (χ4v) is 4.51. The van der Waals surface area contributed by atoms with Gasteiger partial charge in [-0.25, -0.2) is 0 Å². The van der Waals surface area contributed by atoms with E-state index in [1.807, 2.05) is 0 Å². The van der Waals surface area contributed by atoms with Crippen LogP contribution in [0.15, 0.2) is 24.3 Å². The lowest BCUT2D eigenvalue weighted by Crippen LogP contribution is -2.39. The van der Waals surface area contributed by atoms with E-state index in [1.54, 1.807) is 0 Å². The fourth-order valence-electron chi connectivity index (χ4n) is 4.51. The highest BCUT2D eigenvalue weighted by Gasteiger charge is 2.56. The molecule has 0 aromatic heterocycles. The summed E-state index contributed by atoms with van der Waals surface area (Å²) in [5.41, 5.74) is 2.82. The van der Waals surface area contributed by atoms with E-state index < -0.39 is 0 Å². The van der Waals surface area contributed by atoms with Crippen molar-refractivity contribution in [1.29, 1.82) is 0 Å². The lowest BCUT2D eigenvalue weighted by atomic mass is 10.0. The first-order valence-corrected chi connectivity index (χ1v) is 8.86. The van der Waals surface area contributed by atoms with E-state index in [4.69, 9.17) is 0 Å². The Bertz CT molecular complexity index is 622. The van der Waals surface area contributed by atoms with Gasteiger partial charge in [0.15, 0.2) is 0 Å². The van der Waals surface area contributed by atoms with Gasteiger partial charge in [-0.3, -0.25) is 9.59 Å². The van der Waals surface area contributed by atoms with Gasteiger partial charge in [0.05, 0.1) is 6.54 Å². The Morgan fingerprint density at radius 3 is 2.70 bits per heavy atom. The number of benzene rings is 1. The van der Waals surface area contributed by atoms with E-state index in [9.17, 15) is 9.59 Å². The summed E-state index contributed by atoms with van der Waals surface area (Å²) in [5.74, 6) is 1.54. The van der Waals surface area contributed by atoms with Gasteiger partial charge in [-0.05, 0) is 42.2 Å². The molecule has 1 aromatic rings. The zero-order valence-corrected chi connectivity index (χ0v) is 13.4. The molecule has 4 heteroatoms. The summed E-state index contributed by atoms with van der Waals surface area (Å²) in [6.45, 7) is 0.114. The number of fused-ring (bicyclic) bond motifs is 3. The van der Waals surface area contributed by atoms with E-state index in [0.29, 0.717) is 24.2 Å². The van der Waals surface area contributed by atoms with Crippen molar-refractivity contribution in [3.63, 3.8) is 0 Å². The van der Waals surface area contributed by atoms with Crippen LogP contribution in [-0.4, -0.2) is 24.4 Å². The molecule has 3 unspecified atom stereocenters. The van der Waals surface area contributed by atoms with Crippen LogP contribution < -0.4 is 10.6 Å². The van der Waals surface area contributed by atoms with E-state index in [0.717, 1.165) is 19.3 Å². The largest absolute Gasteiger partial charge is 0.351 e. The Hall–Kier alpha value is -1.84. The van der Waals surface area contributed by atoms with E-state index >= 15 is 0 Å². The molecule has 2 N–H and O–H groups in total. The summed E-state index contributed by atoms with van der Waals surface area (Å²) in [6.07, 6.45) is 6.44. The maximum Gasteiger partial charge on any atom is 0.239 e. The standard InChI is InChI=1S/C19H24N2O2/c22-16(9-12-5-1-2-6-12)20-11-17(23)21-19-15-10-13-7-3-4-8-14(13)18(15)19/h3-4,7-8,12,15,18-19H,1-2,5-6,9-11H2,(H,20,22)(H,21,23). The van der Waals surface area contributed by atoms with Gasteiger partial charge in [0, 0.05) is 18.4 Å². The molecule has 0 radical (unpaired) electrons. The van der Waals surface area contributed by atoms with Crippen molar-refractivity contribution in [2.24, 2.45) is 11.8 Å². The molecule has 3 atom stereocenters. The maximum absolute atomic E-state index is 12.1. The first-order chi connectivity index (χ1) is 11.2. The van der Waals surface area contributed by atoms with Crippen LogP contribution in [0.2, 0.25) is 0 Å². The molecule has 0 saturated heterocycles. The molecule has 0 heterocycles. The van der Waals surface area contributed by atoms with Crippen LogP contribution >= 0.6 is 0 Å². The van der Waals surface area contributed by atoms with Crippen LogP contribution in [-0.2, 0) is 16.0 Å². The Kier molecular flexibility index (Phi) is 3.83. The van der Waals surface area contributed by atoms with Gasteiger partial charge >= 0.3 is 0 Å². The predicted octanol–water partition coefficient (Wildman–Crippen LogP) is 2.14. The molecule has 2 fully saturated rings. The smallest absolute Gasteiger partial charge is 0.239 e. The number of rotatable bonds is 5. The van der Waals surface area contributed by atoms with Crippen molar-refractivity contribution in [3.05, 3.63) is 35.4 Å². The highest BCUT2D eigenvalue weighted by atomic mass is 16.2. The monoisotopic (exact) mass is 312 g/mol. The zero-order valence-electron chi connectivity index (χ0n) is 13.4. The molecule has 3 aliphatic carbocycles. The Labute approximate surface area is 137 Å². The highest BCUT2D eigenvalue weighted by molar-refractivity contribution is 5.85. The van der Waals surface area contributed by atoms with Crippen LogP contribution in [0.4, 0.5) is 0 Å². The average molecular weight is 312 g/mol. The molecule has 23 heavy (non-hydrogen) atoms. The minimum absolute atomic E-state index is 0.0217. The first kappa shape index (κ1) is 14.7. The second-order valence-electron chi connectivity index (χ2n) is 7.32. The second kappa shape index (κ2) is 5.99. The number of hydrogen-bond donors (Lipinski definition) is 2. The third kappa shape index (κ3) is 2.99. The minimum Gasteiger partial charge on any atom is -0.351 e. The number of carbonyl (C=O) groups is 2. The van der Waals surface area contributed by atoms with Gasteiger partial charge in [0.2, 0.25) is 11.8 Å². The van der Waals surface area contributed by atoms with Crippen LogP contribution in [0.3, 0.4) is 0 Å². The Morgan fingerprint density at radius 1 is 1.09 bits per heavy atom. The van der Waals surface area contributed by atoms with Crippen LogP contribution in [0.5, 0.6) is 0 Å². The average Bonchev–Trinajstić information content (AvgIpc) is 2.95. The van der Waals surface area contributed by atoms with Crippen molar-refractivity contribution in [1.82, 2.24) is 10.6 Å².